The van der Waals surface area contributed by atoms with E-state index >= 15 is 0 Å². The number of carbonyl (C=O) groups excluding carboxylic acids is 4. The molecule has 0 bridgehead atoms. The van der Waals surface area contributed by atoms with Crippen LogP contribution in [-0.2, 0) is 65.7 Å². The number of unbranched alkanes of at least 4 members (excludes halogenated alkanes) is 2. The minimum absolute atomic E-state index is 0.151. The number of likely N-dealkylation sites (N-methyl/N-ethyl adjacent to an activating group) is 1. The van der Waals surface area contributed by atoms with Gasteiger partial charge in [0.05, 0.1) is 13.2 Å². The van der Waals surface area contributed by atoms with Crippen molar-refractivity contribution < 1.29 is 90.6 Å². The highest BCUT2D eigenvalue weighted by Crippen LogP contribution is 2.48. The first-order chi connectivity index (χ1) is 27.5. The van der Waals surface area contributed by atoms with E-state index in [0.717, 1.165) is 0 Å². The van der Waals surface area contributed by atoms with Gasteiger partial charge in [0.25, 0.3) is 0 Å². The van der Waals surface area contributed by atoms with Gasteiger partial charge in [-0.1, -0.05) is 6.42 Å². The Morgan fingerprint density at radius 3 is 2.45 bits per heavy atom. The number of hydrogen-bond donors (Lipinski definition) is 7. The molecule has 2 aliphatic heterocycles. The Morgan fingerprint density at radius 1 is 1.09 bits per heavy atom. The zero-order valence-corrected chi connectivity index (χ0v) is 34.7. The van der Waals surface area contributed by atoms with Crippen molar-refractivity contribution in [2.24, 2.45) is 16.6 Å². The second-order valence-electron chi connectivity index (χ2n) is 13.3. The third kappa shape index (κ3) is 19.6. The van der Waals surface area contributed by atoms with Crippen LogP contribution in [0.2, 0.25) is 0 Å². The Morgan fingerprint density at radius 2 is 1.81 bits per heavy atom. The molecule has 2 rings (SSSR count). The molecule has 23 nitrogen and oxygen atoms in total. The summed E-state index contributed by atoms with van der Waals surface area (Å²) >= 11 is 0. The summed E-state index contributed by atoms with van der Waals surface area (Å²) < 4.78 is 61.3. The molecule has 0 aromatic carbocycles. The molecule has 10 atom stereocenters. The second kappa shape index (κ2) is 27.2. The molecule has 0 aliphatic carbocycles. The van der Waals surface area contributed by atoms with E-state index in [1.54, 1.807) is 0 Å². The average molecular weight is 877 g/mol. The van der Waals surface area contributed by atoms with Crippen LogP contribution in [0.25, 0.3) is 0 Å². The topological polar surface area (TPSA) is 323 Å². The van der Waals surface area contributed by atoms with Crippen molar-refractivity contribution in [1.29, 1.82) is 0 Å². The SMILES string of the molecule is COC1CC(OCCCCC(=O)NCCCCC(CO)COP(=O)(O)OC2C(COP(O)O)OC(N(C)/C=C\C(N)=NC=O)C2O)OC(COC(C)=O)C1OC(C)=O. The maximum atomic E-state index is 12.9. The summed E-state index contributed by atoms with van der Waals surface area (Å²) in [5, 5.41) is 23.6. The van der Waals surface area contributed by atoms with Gasteiger partial charge in [-0.15, -0.1) is 0 Å². The number of aliphatic imine (C=N–C) groups is 1. The van der Waals surface area contributed by atoms with Crippen LogP contribution < -0.4 is 11.1 Å². The Kier molecular flexibility index (Phi) is 24.1. The van der Waals surface area contributed by atoms with Crippen LogP contribution in [0.4, 0.5) is 0 Å². The Balaban J connectivity index is 1.72. The lowest BCUT2D eigenvalue weighted by Crippen LogP contribution is -2.53. The smallest absolute Gasteiger partial charge is 0.463 e. The normalized spacial score (nSPS) is 26.6. The summed E-state index contributed by atoms with van der Waals surface area (Å²) in [6.07, 6.45) is -2.62. The minimum atomic E-state index is -4.88. The Bertz CT molecular complexity index is 1380. The van der Waals surface area contributed by atoms with Crippen molar-refractivity contribution in [3.8, 4) is 0 Å². The lowest BCUT2D eigenvalue weighted by molar-refractivity contribution is -0.266. The molecule has 2 amide bonds. The number of nitrogens with zero attached hydrogens (tertiary/aromatic N) is 2. The van der Waals surface area contributed by atoms with Gasteiger partial charge in [-0.05, 0) is 31.8 Å². The van der Waals surface area contributed by atoms with E-state index < -0.39 is 90.0 Å². The van der Waals surface area contributed by atoms with Crippen molar-refractivity contribution in [3.63, 3.8) is 0 Å². The van der Waals surface area contributed by atoms with Gasteiger partial charge in [0.15, 0.2) is 18.6 Å². The van der Waals surface area contributed by atoms with Crippen LogP contribution in [0.5, 0.6) is 0 Å². The fourth-order valence-corrected chi connectivity index (χ4v) is 7.15. The number of carbonyl (C=O) groups is 4. The molecule has 334 valence electrons. The predicted molar refractivity (Wildman–Crippen MR) is 201 cm³/mol. The molecule has 10 unspecified atom stereocenters. The number of aliphatic hydroxyl groups excluding tert-OH is 2. The van der Waals surface area contributed by atoms with E-state index in [9.17, 15) is 48.6 Å². The van der Waals surface area contributed by atoms with Gasteiger partial charge in [0.2, 0.25) is 12.3 Å². The van der Waals surface area contributed by atoms with E-state index in [0.29, 0.717) is 38.6 Å². The number of phosphoric ester groups is 1. The van der Waals surface area contributed by atoms with E-state index in [1.165, 1.54) is 45.2 Å². The lowest BCUT2D eigenvalue weighted by atomic mass is 10.0. The number of nitrogens with two attached hydrogens (primary N) is 1. The summed E-state index contributed by atoms with van der Waals surface area (Å²) in [7, 11) is -4.79. The maximum absolute atomic E-state index is 12.9. The van der Waals surface area contributed by atoms with Crippen LogP contribution in [0.15, 0.2) is 17.3 Å². The molecule has 25 heteroatoms. The minimum Gasteiger partial charge on any atom is -0.463 e. The molecule has 58 heavy (non-hydrogen) atoms. The van der Waals surface area contributed by atoms with E-state index in [4.69, 9.17) is 47.7 Å². The molecule has 2 heterocycles. The van der Waals surface area contributed by atoms with Crippen LogP contribution in [0, 0.1) is 5.92 Å². The van der Waals surface area contributed by atoms with Crippen molar-refractivity contribution in [2.75, 3.05) is 53.7 Å². The summed E-state index contributed by atoms with van der Waals surface area (Å²) in [5.74, 6) is -1.95. The first kappa shape index (κ1) is 51.4. The summed E-state index contributed by atoms with van der Waals surface area (Å²) in [6, 6.07) is 0. The fourth-order valence-electron chi connectivity index (χ4n) is 5.84. The number of nitrogens with one attached hydrogen (secondary N) is 1. The van der Waals surface area contributed by atoms with Gasteiger partial charge in [-0.25, -0.2) is 4.57 Å². The summed E-state index contributed by atoms with van der Waals surface area (Å²) in [4.78, 5) is 79.3. The van der Waals surface area contributed by atoms with E-state index in [2.05, 4.69) is 10.3 Å². The van der Waals surface area contributed by atoms with Crippen molar-refractivity contribution in [2.45, 2.75) is 108 Å². The largest absolute Gasteiger partial charge is 0.472 e. The number of ether oxygens (including phenoxy) is 6. The molecule has 0 spiro atoms. The zero-order valence-electron chi connectivity index (χ0n) is 32.9. The van der Waals surface area contributed by atoms with Gasteiger partial charge in [0, 0.05) is 72.7 Å². The van der Waals surface area contributed by atoms with Gasteiger partial charge in [0.1, 0.15) is 43.0 Å². The highest BCUT2D eigenvalue weighted by Gasteiger charge is 2.49. The van der Waals surface area contributed by atoms with Gasteiger partial charge < -0.3 is 73.8 Å². The van der Waals surface area contributed by atoms with Crippen LogP contribution in [0.3, 0.4) is 0 Å². The van der Waals surface area contributed by atoms with Crippen molar-refractivity contribution in [1.82, 2.24) is 10.2 Å². The standard InChI is InChI=1S/C33H58N4O19P2/c1-21(40)50-18-25-31(53-22(2)41)24(48-4)15-29(54-25)49-14-8-6-10-28(42)35-12-7-5-9-23(16-38)17-52-58(46,47)56-32-26(19-51-57(44)45)55-33(30(32)43)37(3)13-11-27(34)36-20-39/h11,13,20,23-26,29-33,38,43-45H,5-10,12,14-19H2,1-4H3,(H,35,42)(H,46,47)(H2,34,36,39)/b13-11-. The van der Waals surface area contributed by atoms with Crippen molar-refractivity contribution >= 4 is 46.5 Å². The summed E-state index contributed by atoms with van der Waals surface area (Å²) in [6.45, 7) is 1.67. The number of amidine groups is 1. The van der Waals surface area contributed by atoms with Gasteiger partial charge in [-0.2, -0.15) is 4.99 Å². The van der Waals surface area contributed by atoms with Crippen LogP contribution >= 0.6 is 16.4 Å². The maximum Gasteiger partial charge on any atom is 0.472 e. The number of esters is 2. The number of methoxy groups -OCH3 is 1. The van der Waals surface area contributed by atoms with E-state index in [1.807, 2.05) is 0 Å². The first-order valence-corrected chi connectivity index (χ1v) is 21.1. The molecule has 0 saturated carbocycles. The van der Waals surface area contributed by atoms with E-state index in [-0.39, 0.29) is 57.4 Å². The fraction of sp³-hybridized carbons (Fsp3) is 0.788. The average Bonchev–Trinajstić information content (AvgIpc) is 3.46. The number of aliphatic hydroxyl groups is 2. The Labute approximate surface area is 337 Å². The second-order valence-corrected chi connectivity index (χ2v) is 15.5. The summed E-state index contributed by atoms with van der Waals surface area (Å²) in [5.41, 5.74) is 5.54. The molecule has 2 aliphatic rings. The highest BCUT2D eigenvalue weighted by atomic mass is 31.2. The quantitative estimate of drug-likeness (QED) is 0.0130. The third-order valence-corrected chi connectivity index (χ3v) is 10.1. The number of phosphoric acid groups is 1. The molecule has 2 fully saturated rings. The monoisotopic (exact) mass is 876 g/mol. The molecule has 8 N–H and O–H groups in total. The van der Waals surface area contributed by atoms with Gasteiger partial charge in [-0.3, -0.25) is 28.2 Å². The van der Waals surface area contributed by atoms with Crippen LogP contribution in [0.1, 0.15) is 58.8 Å². The molecule has 0 aromatic rings. The molecule has 0 radical (unpaired) electrons. The zero-order chi connectivity index (χ0) is 43.3. The molecule has 2 saturated heterocycles. The predicted octanol–water partition coefficient (Wildman–Crippen LogP) is -0.532. The van der Waals surface area contributed by atoms with Gasteiger partial charge >= 0.3 is 28.4 Å². The number of rotatable bonds is 28. The molecular weight excluding hydrogens is 818 g/mol. The number of hydrogen-bond acceptors (Lipinski definition) is 19. The van der Waals surface area contributed by atoms with Crippen molar-refractivity contribution in [3.05, 3.63) is 12.3 Å². The lowest BCUT2D eigenvalue weighted by Gasteiger charge is -2.39. The Hall–Kier alpha value is -2.73. The highest BCUT2D eigenvalue weighted by molar-refractivity contribution is 7.47. The first-order valence-electron chi connectivity index (χ1n) is 18.4. The third-order valence-electron chi connectivity index (χ3n) is 8.74. The molecular formula is C33H58N4O19P2. The molecule has 0 aromatic heterocycles. The number of amides is 2. The van der Waals surface area contributed by atoms with Crippen LogP contribution in [-0.4, -0.2) is 163 Å².